The van der Waals surface area contributed by atoms with Crippen molar-refractivity contribution in [1.29, 1.82) is 0 Å². The fraction of sp³-hybridized carbons (Fsp3) is 0.429. The Morgan fingerprint density at radius 2 is 2.22 bits per heavy atom. The maximum atomic E-state index is 12.5. The molecule has 9 heteroatoms. The van der Waals surface area contributed by atoms with Gasteiger partial charge >= 0.3 is 5.97 Å². The summed E-state index contributed by atoms with van der Waals surface area (Å²) in [5.74, 6) is -0.656. The molecule has 0 fully saturated rings. The number of sulfonamides is 1. The van der Waals surface area contributed by atoms with Gasteiger partial charge in [0.05, 0.1) is 12.8 Å². The highest BCUT2D eigenvalue weighted by Crippen LogP contribution is 2.23. The molecule has 0 saturated heterocycles. The molecule has 0 saturated carbocycles. The topological polar surface area (TPSA) is 90.3 Å². The van der Waals surface area contributed by atoms with Crippen LogP contribution >= 0.6 is 11.3 Å². The fourth-order valence-electron chi connectivity index (χ4n) is 2.30. The van der Waals surface area contributed by atoms with Gasteiger partial charge in [-0.05, 0) is 37.3 Å². The van der Waals surface area contributed by atoms with E-state index in [9.17, 15) is 13.2 Å². The van der Waals surface area contributed by atoms with Gasteiger partial charge in [0.25, 0.3) is 0 Å². The Bertz CT molecular complexity index is 808. The molecule has 23 heavy (non-hydrogen) atoms. The molecule has 0 radical (unpaired) electrons. The number of aromatic nitrogens is 2. The van der Waals surface area contributed by atoms with Crippen LogP contribution in [0.3, 0.4) is 0 Å². The summed E-state index contributed by atoms with van der Waals surface area (Å²) >= 11 is 1.04. The highest BCUT2D eigenvalue weighted by atomic mass is 32.2. The number of nitrogens with zero attached hydrogens (tertiary/aromatic N) is 2. The fourth-order valence-corrected chi connectivity index (χ4v) is 4.88. The van der Waals surface area contributed by atoms with Crippen molar-refractivity contribution in [2.45, 2.75) is 31.2 Å². The van der Waals surface area contributed by atoms with Gasteiger partial charge in [-0.1, -0.05) is 0 Å². The van der Waals surface area contributed by atoms with Gasteiger partial charge in [0.15, 0.2) is 0 Å². The Hall–Kier alpha value is -1.71. The van der Waals surface area contributed by atoms with Crippen LogP contribution in [-0.4, -0.2) is 37.3 Å². The predicted molar refractivity (Wildman–Crippen MR) is 87.1 cm³/mol. The van der Waals surface area contributed by atoms with Crippen LogP contribution in [0.15, 0.2) is 22.5 Å². The summed E-state index contributed by atoms with van der Waals surface area (Å²) < 4.78 is 33.9. The number of thiophene rings is 1. The van der Waals surface area contributed by atoms with Gasteiger partial charge < -0.3 is 4.74 Å². The molecule has 2 aromatic rings. The first-order valence-electron chi connectivity index (χ1n) is 6.92. The number of carbonyl (C=O) groups is 1. The van der Waals surface area contributed by atoms with E-state index >= 15 is 0 Å². The van der Waals surface area contributed by atoms with Gasteiger partial charge in [-0.15, -0.1) is 11.3 Å². The number of methoxy groups -OCH3 is 1. The summed E-state index contributed by atoms with van der Waals surface area (Å²) in [5.41, 5.74) is 1.84. The number of ether oxygens (including phenoxy) is 1. The Labute approximate surface area is 139 Å². The maximum Gasteiger partial charge on any atom is 0.349 e. The van der Waals surface area contributed by atoms with Crippen LogP contribution in [0, 0.1) is 6.92 Å². The lowest BCUT2D eigenvalue weighted by molar-refractivity contribution is 0.0602. The van der Waals surface area contributed by atoms with Gasteiger partial charge in [0.2, 0.25) is 10.0 Å². The number of hydrogen-bond donors (Lipinski definition) is 1. The van der Waals surface area contributed by atoms with E-state index < -0.39 is 16.0 Å². The van der Waals surface area contributed by atoms with E-state index in [1.54, 1.807) is 17.0 Å². The van der Waals surface area contributed by atoms with Crippen molar-refractivity contribution in [3.63, 3.8) is 0 Å². The van der Waals surface area contributed by atoms with Crippen LogP contribution in [0.2, 0.25) is 0 Å². The van der Waals surface area contributed by atoms with Crippen molar-refractivity contribution >= 4 is 27.3 Å². The van der Waals surface area contributed by atoms with E-state index in [-0.39, 0.29) is 15.8 Å². The van der Waals surface area contributed by atoms with Gasteiger partial charge in [0.1, 0.15) is 9.77 Å². The second-order valence-corrected chi connectivity index (χ2v) is 7.84. The van der Waals surface area contributed by atoms with Crippen LogP contribution < -0.4 is 4.72 Å². The third-order valence-corrected chi connectivity index (χ3v) is 5.94. The maximum absolute atomic E-state index is 12.5. The molecule has 0 bridgehead atoms. The minimum absolute atomic E-state index is 0.0518. The summed E-state index contributed by atoms with van der Waals surface area (Å²) in [6.45, 7) is 3.65. The van der Waals surface area contributed by atoms with Crippen LogP contribution in [0.1, 0.15) is 27.9 Å². The molecule has 1 atom stereocenters. The zero-order valence-electron chi connectivity index (χ0n) is 13.4. The molecule has 1 N–H and O–H groups in total. The Balaban J connectivity index is 2.16. The van der Waals surface area contributed by atoms with Crippen molar-refractivity contribution < 1.29 is 17.9 Å². The van der Waals surface area contributed by atoms with Crippen molar-refractivity contribution in [3.8, 4) is 0 Å². The minimum Gasteiger partial charge on any atom is -0.465 e. The third-order valence-electron chi connectivity index (χ3n) is 3.29. The molecule has 7 nitrogen and oxygen atoms in total. The van der Waals surface area contributed by atoms with Crippen LogP contribution in [0.25, 0.3) is 0 Å². The van der Waals surface area contributed by atoms with Crippen molar-refractivity contribution in [2.75, 3.05) is 7.11 Å². The summed E-state index contributed by atoms with van der Waals surface area (Å²) in [4.78, 5) is 11.7. The predicted octanol–water partition coefficient (Wildman–Crippen LogP) is 1.49. The van der Waals surface area contributed by atoms with Gasteiger partial charge in [0, 0.05) is 19.3 Å². The number of aryl methyl sites for hydroxylation is 2. The molecule has 0 unspecified atom stereocenters. The molecule has 0 aliphatic heterocycles. The first-order valence-corrected chi connectivity index (χ1v) is 9.28. The van der Waals surface area contributed by atoms with Gasteiger partial charge in [-0.25, -0.2) is 17.9 Å². The summed E-state index contributed by atoms with van der Waals surface area (Å²) in [7, 11) is -0.755. The molecule has 0 aliphatic rings. The van der Waals surface area contributed by atoms with E-state index in [2.05, 4.69) is 14.6 Å². The smallest absolute Gasteiger partial charge is 0.349 e. The van der Waals surface area contributed by atoms with E-state index in [0.29, 0.717) is 6.42 Å². The van der Waals surface area contributed by atoms with E-state index in [4.69, 9.17) is 0 Å². The molecule has 2 aromatic heterocycles. The minimum atomic E-state index is -3.80. The summed E-state index contributed by atoms with van der Waals surface area (Å²) in [6, 6.07) is 1.06. The Morgan fingerprint density at radius 1 is 1.52 bits per heavy atom. The Morgan fingerprint density at radius 3 is 2.78 bits per heavy atom. The number of carbonyl (C=O) groups excluding carboxylic acids is 1. The van der Waals surface area contributed by atoms with Crippen LogP contribution in [0.4, 0.5) is 0 Å². The molecule has 2 heterocycles. The number of nitrogens with one attached hydrogen (secondary N) is 1. The number of rotatable bonds is 6. The summed E-state index contributed by atoms with van der Waals surface area (Å²) in [6.07, 6.45) is 2.38. The number of esters is 1. The Kier molecular flexibility index (Phi) is 5.23. The zero-order valence-corrected chi connectivity index (χ0v) is 15.0. The van der Waals surface area contributed by atoms with Crippen molar-refractivity contribution in [1.82, 2.24) is 14.5 Å². The molecule has 0 aliphatic carbocycles. The largest absolute Gasteiger partial charge is 0.465 e. The summed E-state index contributed by atoms with van der Waals surface area (Å²) in [5, 5.41) is 5.79. The van der Waals surface area contributed by atoms with E-state index in [0.717, 1.165) is 22.6 Å². The zero-order chi connectivity index (χ0) is 17.2. The highest BCUT2D eigenvalue weighted by Gasteiger charge is 2.26. The van der Waals surface area contributed by atoms with Crippen LogP contribution in [0.5, 0.6) is 0 Å². The SMILES string of the molecule is COC(=O)c1sccc1S(=O)(=O)N[C@@H](C)Cc1cn(C)nc1C. The third kappa shape index (κ3) is 3.98. The molecule has 0 spiro atoms. The normalized spacial score (nSPS) is 13.0. The van der Waals surface area contributed by atoms with E-state index in [1.807, 2.05) is 20.2 Å². The molecule has 126 valence electrons. The average Bonchev–Trinajstić information content (AvgIpc) is 3.05. The van der Waals surface area contributed by atoms with Gasteiger partial charge in [-0.3, -0.25) is 4.68 Å². The van der Waals surface area contributed by atoms with Crippen molar-refractivity contribution in [3.05, 3.63) is 33.8 Å². The standard InChI is InChI=1S/C14H19N3O4S2/c1-9(7-11-8-17(3)15-10(11)2)16-23(19,20)12-5-6-22-13(12)14(18)21-4/h5-6,8-9,16H,7H2,1-4H3/t9-/m0/s1. The molecular weight excluding hydrogens is 338 g/mol. The van der Waals surface area contributed by atoms with E-state index in [1.165, 1.54) is 13.2 Å². The van der Waals surface area contributed by atoms with Crippen LogP contribution in [-0.2, 0) is 28.2 Å². The molecule has 0 amide bonds. The first-order chi connectivity index (χ1) is 10.7. The lowest BCUT2D eigenvalue weighted by atomic mass is 10.1. The molecule has 2 rings (SSSR count). The first kappa shape index (κ1) is 17.6. The number of hydrogen-bond acceptors (Lipinski definition) is 6. The second-order valence-electron chi connectivity index (χ2n) is 5.25. The highest BCUT2D eigenvalue weighted by molar-refractivity contribution is 7.89. The second kappa shape index (κ2) is 6.81. The average molecular weight is 357 g/mol. The molecular formula is C14H19N3O4S2. The van der Waals surface area contributed by atoms with Crippen molar-refractivity contribution in [2.24, 2.45) is 7.05 Å². The monoisotopic (exact) mass is 357 g/mol. The van der Waals surface area contributed by atoms with Gasteiger partial charge in [-0.2, -0.15) is 5.10 Å². The lowest BCUT2D eigenvalue weighted by Gasteiger charge is -2.14. The molecule has 0 aromatic carbocycles. The lowest BCUT2D eigenvalue weighted by Crippen LogP contribution is -2.34. The quantitative estimate of drug-likeness (QED) is 0.791.